The first-order valence-electron chi connectivity index (χ1n) is 5.69. The highest BCUT2D eigenvalue weighted by Gasteiger charge is 2.26. The number of nitrogens with zero attached hydrogens (tertiary/aromatic N) is 2. The van der Waals surface area contributed by atoms with Gasteiger partial charge >= 0.3 is 0 Å². The molecule has 2 unspecified atom stereocenters. The molecule has 2 atom stereocenters. The number of hydrogen-bond donors (Lipinski definition) is 1. The molecule has 88 valence electrons. The Morgan fingerprint density at radius 3 is 3.19 bits per heavy atom. The summed E-state index contributed by atoms with van der Waals surface area (Å²) < 4.78 is 13.4. The molecule has 1 aromatic rings. The first-order valence-corrected chi connectivity index (χ1v) is 5.69. The highest BCUT2D eigenvalue weighted by molar-refractivity contribution is 5.12. The molecular weight excluding hydrogens is 207 g/mol. The van der Waals surface area contributed by atoms with Crippen molar-refractivity contribution < 1.29 is 9.50 Å². The summed E-state index contributed by atoms with van der Waals surface area (Å²) in [5.74, 6) is -0.269. The van der Waals surface area contributed by atoms with Crippen molar-refractivity contribution in [3.05, 3.63) is 29.8 Å². The molecule has 1 aliphatic heterocycles. The van der Waals surface area contributed by atoms with Crippen molar-refractivity contribution in [3.8, 4) is 0 Å². The molecule has 1 saturated heterocycles. The minimum atomic E-state index is -0.293. The second-order valence-electron chi connectivity index (χ2n) is 4.39. The molecule has 1 aliphatic rings. The van der Waals surface area contributed by atoms with Gasteiger partial charge in [0, 0.05) is 24.3 Å². The van der Waals surface area contributed by atoms with E-state index in [2.05, 4.69) is 9.88 Å². The lowest BCUT2D eigenvalue weighted by molar-refractivity contribution is 0.0152. The van der Waals surface area contributed by atoms with Crippen LogP contribution in [0.4, 0.5) is 4.39 Å². The van der Waals surface area contributed by atoms with Gasteiger partial charge in [0.15, 0.2) is 0 Å². The number of pyridine rings is 1. The number of rotatable bonds is 2. The van der Waals surface area contributed by atoms with Crippen molar-refractivity contribution in [1.29, 1.82) is 0 Å². The molecule has 1 aromatic heterocycles. The fourth-order valence-corrected chi connectivity index (χ4v) is 2.17. The van der Waals surface area contributed by atoms with Crippen LogP contribution in [0.25, 0.3) is 0 Å². The summed E-state index contributed by atoms with van der Waals surface area (Å²) >= 11 is 0. The largest absolute Gasteiger partial charge is 0.392 e. The van der Waals surface area contributed by atoms with Crippen molar-refractivity contribution in [2.45, 2.75) is 38.5 Å². The van der Waals surface area contributed by atoms with E-state index in [1.165, 1.54) is 6.20 Å². The molecule has 0 aromatic carbocycles. The molecule has 1 fully saturated rings. The van der Waals surface area contributed by atoms with E-state index in [0.717, 1.165) is 19.4 Å². The van der Waals surface area contributed by atoms with Gasteiger partial charge in [0.1, 0.15) is 5.82 Å². The van der Waals surface area contributed by atoms with Gasteiger partial charge in [-0.1, -0.05) is 0 Å². The van der Waals surface area contributed by atoms with E-state index in [9.17, 15) is 9.50 Å². The third kappa shape index (κ3) is 2.39. The zero-order chi connectivity index (χ0) is 11.5. The normalized spacial score (nSPS) is 26.9. The Kier molecular flexibility index (Phi) is 3.51. The number of aliphatic hydroxyl groups is 1. The second kappa shape index (κ2) is 4.89. The average Bonchev–Trinajstić information content (AvgIpc) is 2.28. The smallest absolute Gasteiger partial charge is 0.145 e. The number of halogens is 1. The van der Waals surface area contributed by atoms with Gasteiger partial charge in [0.2, 0.25) is 0 Å². The Morgan fingerprint density at radius 2 is 2.44 bits per heavy atom. The summed E-state index contributed by atoms with van der Waals surface area (Å²) in [7, 11) is 0. The van der Waals surface area contributed by atoms with Gasteiger partial charge in [0.05, 0.1) is 12.3 Å². The summed E-state index contributed by atoms with van der Waals surface area (Å²) in [5.41, 5.74) is 0.649. The zero-order valence-corrected chi connectivity index (χ0v) is 9.43. The molecule has 4 heteroatoms. The van der Waals surface area contributed by atoms with E-state index >= 15 is 0 Å². The second-order valence-corrected chi connectivity index (χ2v) is 4.39. The van der Waals surface area contributed by atoms with Gasteiger partial charge < -0.3 is 5.11 Å². The molecular formula is C12H17FN2O. The molecule has 0 saturated carbocycles. The lowest BCUT2D eigenvalue weighted by Gasteiger charge is -2.36. The summed E-state index contributed by atoms with van der Waals surface area (Å²) in [6.45, 7) is 3.45. The lowest BCUT2D eigenvalue weighted by atomic mass is 10.00. The summed E-state index contributed by atoms with van der Waals surface area (Å²) in [6, 6.07) is 1.80. The van der Waals surface area contributed by atoms with Crippen LogP contribution in [-0.4, -0.2) is 33.7 Å². The van der Waals surface area contributed by atoms with E-state index in [4.69, 9.17) is 0 Å². The van der Waals surface area contributed by atoms with Crippen LogP contribution in [-0.2, 0) is 6.54 Å². The molecule has 0 amide bonds. The van der Waals surface area contributed by atoms with Gasteiger partial charge in [0.25, 0.3) is 0 Å². The van der Waals surface area contributed by atoms with Crippen molar-refractivity contribution in [1.82, 2.24) is 9.88 Å². The van der Waals surface area contributed by atoms with Crippen molar-refractivity contribution in [2.24, 2.45) is 0 Å². The Hall–Kier alpha value is -1.00. The molecule has 0 radical (unpaired) electrons. The third-order valence-electron chi connectivity index (χ3n) is 3.31. The number of aliphatic hydroxyl groups excluding tert-OH is 1. The first-order chi connectivity index (χ1) is 7.68. The lowest BCUT2D eigenvalue weighted by Crippen LogP contribution is -2.45. The minimum absolute atomic E-state index is 0.0984. The van der Waals surface area contributed by atoms with E-state index in [1.807, 2.05) is 6.92 Å². The molecule has 1 N–H and O–H groups in total. The van der Waals surface area contributed by atoms with E-state index in [1.54, 1.807) is 12.3 Å². The summed E-state index contributed by atoms with van der Waals surface area (Å²) in [6.07, 6.45) is 4.36. The fraction of sp³-hybridized carbons (Fsp3) is 0.583. The third-order valence-corrected chi connectivity index (χ3v) is 3.31. The molecule has 2 rings (SSSR count). The van der Waals surface area contributed by atoms with Crippen LogP contribution in [0.5, 0.6) is 0 Å². The maximum Gasteiger partial charge on any atom is 0.145 e. The molecule has 0 aliphatic carbocycles. The van der Waals surface area contributed by atoms with Crippen LogP contribution >= 0.6 is 0 Å². The van der Waals surface area contributed by atoms with Crippen LogP contribution in [0.3, 0.4) is 0 Å². The molecule has 2 heterocycles. The van der Waals surface area contributed by atoms with Crippen LogP contribution < -0.4 is 0 Å². The van der Waals surface area contributed by atoms with E-state index in [0.29, 0.717) is 12.1 Å². The molecule has 16 heavy (non-hydrogen) atoms. The maximum absolute atomic E-state index is 13.4. The number of aromatic nitrogens is 1. The number of piperidine rings is 1. The van der Waals surface area contributed by atoms with Gasteiger partial charge in [-0.2, -0.15) is 0 Å². The van der Waals surface area contributed by atoms with Crippen LogP contribution in [0, 0.1) is 5.82 Å². The van der Waals surface area contributed by atoms with Crippen LogP contribution in [0.15, 0.2) is 18.5 Å². The highest BCUT2D eigenvalue weighted by atomic mass is 19.1. The maximum atomic E-state index is 13.4. The average molecular weight is 224 g/mol. The molecule has 0 spiro atoms. The highest BCUT2D eigenvalue weighted by Crippen LogP contribution is 2.20. The van der Waals surface area contributed by atoms with Crippen molar-refractivity contribution >= 4 is 0 Å². The minimum Gasteiger partial charge on any atom is -0.392 e. The van der Waals surface area contributed by atoms with Gasteiger partial charge in [-0.15, -0.1) is 0 Å². The predicted molar refractivity (Wildman–Crippen MR) is 59.3 cm³/mol. The Bertz CT molecular complexity index is 359. The van der Waals surface area contributed by atoms with Crippen LogP contribution in [0.2, 0.25) is 0 Å². The monoisotopic (exact) mass is 224 g/mol. The Balaban J connectivity index is 2.06. The zero-order valence-electron chi connectivity index (χ0n) is 9.43. The topological polar surface area (TPSA) is 36.4 Å². The first kappa shape index (κ1) is 11.5. The van der Waals surface area contributed by atoms with E-state index < -0.39 is 0 Å². The predicted octanol–water partition coefficient (Wildman–Crippen LogP) is 1.57. The van der Waals surface area contributed by atoms with Gasteiger partial charge in [-0.3, -0.25) is 9.88 Å². The Morgan fingerprint density at radius 1 is 1.62 bits per heavy atom. The van der Waals surface area contributed by atoms with Crippen molar-refractivity contribution in [2.75, 3.05) is 6.54 Å². The fourth-order valence-electron chi connectivity index (χ4n) is 2.17. The quantitative estimate of drug-likeness (QED) is 0.828. The van der Waals surface area contributed by atoms with Gasteiger partial charge in [-0.05, 0) is 32.4 Å². The van der Waals surface area contributed by atoms with Crippen LogP contribution in [0.1, 0.15) is 25.3 Å². The number of likely N-dealkylation sites (tertiary alicyclic amines) is 1. The standard InChI is InChI=1S/C12H17FN2O/c1-9-12(16)3-2-6-15(9)8-10-4-5-14-7-11(10)13/h4-5,7,9,12,16H,2-3,6,8H2,1H3. The molecule has 0 bridgehead atoms. The summed E-state index contributed by atoms with van der Waals surface area (Å²) in [5, 5.41) is 9.75. The molecule has 3 nitrogen and oxygen atoms in total. The summed E-state index contributed by atoms with van der Waals surface area (Å²) in [4.78, 5) is 5.85. The van der Waals surface area contributed by atoms with Crippen molar-refractivity contribution in [3.63, 3.8) is 0 Å². The van der Waals surface area contributed by atoms with Gasteiger partial charge in [-0.25, -0.2) is 4.39 Å². The Labute approximate surface area is 94.9 Å². The number of hydrogen-bond acceptors (Lipinski definition) is 3. The SMILES string of the molecule is CC1C(O)CCCN1Cc1ccncc1F. The van der Waals surface area contributed by atoms with E-state index in [-0.39, 0.29) is 18.0 Å².